The number of carbonyl (C=O) groups excluding carboxylic acids is 1. The van der Waals surface area contributed by atoms with Gasteiger partial charge in [0.05, 0.1) is 12.7 Å². The second kappa shape index (κ2) is 5.68. The van der Waals surface area contributed by atoms with Gasteiger partial charge in [0.25, 0.3) is 10.0 Å². The van der Waals surface area contributed by atoms with Crippen LogP contribution in [0.4, 0.5) is 0 Å². The summed E-state index contributed by atoms with van der Waals surface area (Å²) in [7, 11) is -1.90. The number of rotatable bonds is 4. The molecular weight excluding hydrogens is 270 g/mol. The second-order valence-electron chi connectivity index (χ2n) is 4.27. The van der Waals surface area contributed by atoms with E-state index in [2.05, 4.69) is 15.5 Å². The molecule has 1 amide bonds. The molecule has 9 heteroatoms. The Balaban J connectivity index is 1.95. The maximum absolute atomic E-state index is 12.2. The normalized spacial score (nSPS) is 18.4. The summed E-state index contributed by atoms with van der Waals surface area (Å²) in [5, 5.41) is 8.78. The SMILES string of the molecule is CNC(=O)CN1CCN(S(=O)(=O)c2ccn[nH]2)CC1. The van der Waals surface area contributed by atoms with Crippen LogP contribution in [0.5, 0.6) is 0 Å². The van der Waals surface area contributed by atoms with Crippen molar-refractivity contribution in [3.8, 4) is 0 Å². The molecule has 19 heavy (non-hydrogen) atoms. The fourth-order valence-electron chi connectivity index (χ4n) is 1.94. The molecule has 2 N–H and O–H groups in total. The van der Waals surface area contributed by atoms with Gasteiger partial charge in [-0.1, -0.05) is 0 Å². The number of nitrogens with one attached hydrogen (secondary N) is 2. The zero-order valence-corrected chi connectivity index (χ0v) is 11.5. The summed E-state index contributed by atoms with van der Waals surface area (Å²) >= 11 is 0. The van der Waals surface area contributed by atoms with Crippen LogP contribution in [-0.2, 0) is 14.8 Å². The van der Waals surface area contributed by atoms with Gasteiger partial charge in [-0.3, -0.25) is 14.8 Å². The van der Waals surface area contributed by atoms with Crippen molar-refractivity contribution in [1.29, 1.82) is 0 Å². The molecule has 0 unspecified atom stereocenters. The van der Waals surface area contributed by atoms with Crippen molar-refractivity contribution in [2.45, 2.75) is 5.03 Å². The van der Waals surface area contributed by atoms with Crippen molar-refractivity contribution < 1.29 is 13.2 Å². The summed E-state index contributed by atoms with van der Waals surface area (Å²) in [4.78, 5) is 13.2. The number of hydrogen-bond acceptors (Lipinski definition) is 5. The summed E-state index contributed by atoms with van der Waals surface area (Å²) in [6.45, 7) is 2.13. The van der Waals surface area contributed by atoms with Crippen LogP contribution in [0.2, 0.25) is 0 Å². The number of piperazine rings is 1. The van der Waals surface area contributed by atoms with Gasteiger partial charge >= 0.3 is 0 Å². The molecule has 106 valence electrons. The van der Waals surface area contributed by atoms with Crippen molar-refractivity contribution in [1.82, 2.24) is 24.7 Å². The Morgan fingerprint density at radius 1 is 1.42 bits per heavy atom. The Morgan fingerprint density at radius 2 is 2.11 bits per heavy atom. The van der Waals surface area contributed by atoms with Crippen molar-refractivity contribution in [2.75, 3.05) is 39.8 Å². The third-order valence-electron chi connectivity index (χ3n) is 3.07. The molecule has 0 spiro atoms. The van der Waals surface area contributed by atoms with Crippen molar-refractivity contribution in [3.63, 3.8) is 0 Å². The van der Waals surface area contributed by atoms with Crippen LogP contribution in [0.15, 0.2) is 17.3 Å². The van der Waals surface area contributed by atoms with E-state index in [0.717, 1.165) is 0 Å². The van der Waals surface area contributed by atoms with Crippen LogP contribution >= 0.6 is 0 Å². The molecule has 2 rings (SSSR count). The van der Waals surface area contributed by atoms with E-state index in [1.54, 1.807) is 7.05 Å². The molecule has 0 bridgehead atoms. The second-order valence-corrected chi connectivity index (χ2v) is 6.18. The van der Waals surface area contributed by atoms with Crippen LogP contribution in [0, 0.1) is 0 Å². The van der Waals surface area contributed by atoms with Crippen molar-refractivity contribution in [2.24, 2.45) is 0 Å². The lowest BCUT2D eigenvalue weighted by atomic mass is 10.3. The highest BCUT2D eigenvalue weighted by Gasteiger charge is 2.29. The van der Waals surface area contributed by atoms with E-state index in [9.17, 15) is 13.2 Å². The van der Waals surface area contributed by atoms with E-state index in [0.29, 0.717) is 32.7 Å². The first-order valence-corrected chi connectivity index (χ1v) is 7.40. The number of likely N-dealkylation sites (N-methyl/N-ethyl adjacent to an activating group) is 1. The quantitative estimate of drug-likeness (QED) is 0.699. The van der Waals surface area contributed by atoms with Gasteiger partial charge in [0, 0.05) is 33.2 Å². The topological polar surface area (TPSA) is 98.4 Å². The van der Waals surface area contributed by atoms with E-state index >= 15 is 0 Å². The predicted octanol–water partition coefficient (Wildman–Crippen LogP) is -1.54. The van der Waals surface area contributed by atoms with Gasteiger partial charge in [-0.25, -0.2) is 8.42 Å². The maximum atomic E-state index is 12.2. The Morgan fingerprint density at radius 3 is 2.63 bits per heavy atom. The molecule has 2 heterocycles. The van der Waals surface area contributed by atoms with Crippen LogP contribution in [-0.4, -0.2) is 73.5 Å². The van der Waals surface area contributed by atoms with Gasteiger partial charge in [0.1, 0.15) is 0 Å². The van der Waals surface area contributed by atoms with E-state index in [-0.39, 0.29) is 10.9 Å². The largest absolute Gasteiger partial charge is 0.358 e. The fraction of sp³-hybridized carbons (Fsp3) is 0.600. The van der Waals surface area contributed by atoms with E-state index in [1.807, 2.05) is 4.90 Å². The first kappa shape index (κ1) is 14.0. The number of H-pyrrole nitrogens is 1. The first-order chi connectivity index (χ1) is 9.04. The molecule has 1 saturated heterocycles. The molecule has 1 aromatic heterocycles. The molecule has 1 aliphatic heterocycles. The smallest absolute Gasteiger partial charge is 0.260 e. The molecule has 8 nitrogen and oxygen atoms in total. The molecule has 0 aromatic carbocycles. The fourth-order valence-corrected chi connectivity index (χ4v) is 3.26. The number of amides is 1. The van der Waals surface area contributed by atoms with Gasteiger partial charge in [0.2, 0.25) is 5.91 Å². The van der Waals surface area contributed by atoms with E-state index in [4.69, 9.17) is 0 Å². The number of nitrogens with zero attached hydrogens (tertiary/aromatic N) is 3. The molecule has 0 atom stereocenters. The minimum Gasteiger partial charge on any atom is -0.358 e. The Hall–Kier alpha value is -1.45. The Labute approximate surface area is 111 Å². The van der Waals surface area contributed by atoms with Crippen molar-refractivity contribution in [3.05, 3.63) is 12.3 Å². The van der Waals surface area contributed by atoms with E-state index in [1.165, 1.54) is 16.6 Å². The Bertz CT molecular complexity index is 519. The van der Waals surface area contributed by atoms with Gasteiger partial charge in [-0.15, -0.1) is 0 Å². The maximum Gasteiger partial charge on any atom is 0.260 e. The van der Waals surface area contributed by atoms with Crippen LogP contribution in [0.3, 0.4) is 0 Å². The number of aromatic nitrogens is 2. The standard InChI is InChI=1S/C10H17N5O3S/c1-11-9(16)8-14-4-6-15(7-5-14)19(17,18)10-2-3-12-13-10/h2-3H,4-8H2,1H3,(H,11,16)(H,12,13). The predicted molar refractivity (Wildman–Crippen MR) is 67.9 cm³/mol. The minimum absolute atomic E-state index is 0.0649. The van der Waals surface area contributed by atoms with Crippen LogP contribution in [0.25, 0.3) is 0 Å². The highest BCUT2D eigenvalue weighted by atomic mass is 32.2. The molecule has 1 aliphatic rings. The number of aromatic amines is 1. The summed E-state index contributed by atoms with van der Waals surface area (Å²) < 4.78 is 25.8. The molecular formula is C10H17N5O3S. The zero-order chi connectivity index (χ0) is 13.9. The number of carbonyl (C=O) groups is 1. The Kier molecular flexibility index (Phi) is 4.17. The average molecular weight is 287 g/mol. The molecule has 0 saturated carbocycles. The number of hydrogen-bond donors (Lipinski definition) is 2. The third-order valence-corrected chi connectivity index (χ3v) is 4.90. The summed E-state index contributed by atoms with van der Waals surface area (Å²) in [5.74, 6) is -0.0649. The average Bonchev–Trinajstić information content (AvgIpc) is 2.94. The summed E-state index contributed by atoms with van der Waals surface area (Å²) in [6, 6.07) is 1.44. The minimum atomic E-state index is -3.49. The molecule has 1 aromatic rings. The highest BCUT2D eigenvalue weighted by Crippen LogP contribution is 2.14. The third kappa shape index (κ3) is 3.11. The van der Waals surface area contributed by atoms with Gasteiger partial charge < -0.3 is 5.32 Å². The lowest BCUT2D eigenvalue weighted by Crippen LogP contribution is -2.50. The zero-order valence-electron chi connectivity index (χ0n) is 10.7. The van der Waals surface area contributed by atoms with E-state index < -0.39 is 10.0 Å². The number of sulfonamides is 1. The van der Waals surface area contributed by atoms with Crippen LogP contribution < -0.4 is 5.32 Å². The summed E-state index contributed by atoms with van der Waals surface area (Å²) in [6.07, 6.45) is 1.41. The lowest BCUT2D eigenvalue weighted by Gasteiger charge is -2.32. The van der Waals surface area contributed by atoms with Gasteiger partial charge in [-0.05, 0) is 6.07 Å². The van der Waals surface area contributed by atoms with Crippen LogP contribution in [0.1, 0.15) is 0 Å². The molecule has 0 aliphatic carbocycles. The monoisotopic (exact) mass is 287 g/mol. The summed E-state index contributed by atoms with van der Waals surface area (Å²) in [5.41, 5.74) is 0. The van der Waals surface area contributed by atoms with Gasteiger partial charge in [-0.2, -0.15) is 9.40 Å². The highest BCUT2D eigenvalue weighted by molar-refractivity contribution is 7.89. The van der Waals surface area contributed by atoms with Gasteiger partial charge in [0.15, 0.2) is 5.03 Å². The molecule has 0 radical (unpaired) electrons. The molecule has 1 fully saturated rings. The first-order valence-electron chi connectivity index (χ1n) is 5.96. The van der Waals surface area contributed by atoms with Crippen molar-refractivity contribution >= 4 is 15.9 Å². The lowest BCUT2D eigenvalue weighted by molar-refractivity contribution is -0.122.